The van der Waals surface area contributed by atoms with Crippen molar-refractivity contribution in [1.82, 2.24) is 33.6 Å². The maximum Gasteiger partial charge on any atom is 0.329 e. The fourth-order valence-corrected chi connectivity index (χ4v) is 12.8. The van der Waals surface area contributed by atoms with Crippen LogP contribution in [0.4, 0.5) is 11.8 Å². The predicted molar refractivity (Wildman–Crippen MR) is 275 cm³/mol. The van der Waals surface area contributed by atoms with Crippen molar-refractivity contribution >= 4 is 56.8 Å². The number of rotatable bonds is 21. The Kier molecular flexibility index (Phi) is 17.7. The van der Waals surface area contributed by atoms with Crippen molar-refractivity contribution < 1.29 is 27.6 Å². The van der Waals surface area contributed by atoms with Crippen LogP contribution in [-0.2, 0) is 48.1 Å². The van der Waals surface area contributed by atoms with Gasteiger partial charge in [-0.1, -0.05) is 65.4 Å². The van der Waals surface area contributed by atoms with Gasteiger partial charge in [-0.15, -0.1) is 0 Å². The third-order valence-corrected chi connectivity index (χ3v) is 18.0. The topological polar surface area (TPSA) is 189 Å². The third-order valence-electron chi connectivity index (χ3n) is 16.7. The number of aryl methyl sites for hydroxylation is 2. The lowest BCUT2D eigenvalue weighted by Crippen LogP contribution is -2.45. The van der Waals surface area contributed by atoms with Crippen LogP contribution in [0.2, 0.25) is 0 Å². The lowest BCUT2D eigenvalue weighted by atomic mass is 9.75. The molecule has 0 radical (unpaired) electrons. The Labute approximate surface area is 416 Å². The summed E-state index contributed by atoms with van der Waals surface area (Å²) in [5, 5.41) is 6.01. The van der Waals surface area contributed by atoms with Crippen LogP contribution in [0.5, 0.6) is 0 Å². The van der Waals surface area contributed by atoms with Crippen LogP contribution < -0.4 is 21.2 Å². The standard InChI is InChI=1S/C33H52N4O4.C20H29N5O3S/c1-5-33(6-2)21-15-22-36(25-33)30(39)18-13-11-9-7-8-10-12-16-26-19-20-27-29(24-26)35(4)32(41)37(27)28(17-14-23-38)31(40)34-3;1-13-4-3-5-16(13)25-17-15(20(8-9-20)18(25)26)12-21-19(23-17)22-14-6-10-24(11-7-14)29(2,27)28/h19-20,23-24,28H,5-18,21-22,25H2,1-4H3,(H,34,40);12-14,16H,3-11H2,1-2H3,(H,21,22,23). The number of hydrogen-bond acceptors (Lipinski definition) is 10. The fraction of sp³-hybridized carbons (Fsp3) is 0.717. The van der Waals surface area contributed by atoms with Crippen LogP contribution in [0, 0.1) is 11.3 Å². The molecular formula is C53H81N9O7S. The highest BCUT2D eigenvalue weighted by Gasteiger charge is 2.62. The predicted octanol–water partition coefficient (Wildman–Crippen LogP) is 7.58. The van der Waals surface area contributed by atoms with Crippen molar-refractivity contribution in [3.8, 4) is 0 Å². The SMILES string of the molecule is CC1CCCC1N1C(=O)C2(CC2)c2cnc(NC3CCN(S(C)(=O)=O)CC3)nc21.CCC1(CC)CCCN(C(=O)CCCCCCCCCc2ccc3c(c2)n(C)c(=O)n3C(CCC=O)C(=O)NC)C1. The van der Waals surface area contributed by atoms with Crippen molar-refractivity contribution in [3.05, 3.63) is 46.0 Å². The fourth-order valence-electron chi connectivity index (χ4n) is 11.9. The largest absolute Gasteiger partial charge is 0.357 e. The van der Waals surface area contributed by atoms with Gasteiger partial charge in [-0.05, 0) is 119 Å². The summed E-state index contributed by atoms with van der Waals surface area (Å²) in [7, 11) is 0.143. The number of nitrogens with one attached hydrogen (secondary N) is 2. The van der Waals surface area contributed by atoms with Gasteiger partial charge in [0.25, 0.3) is 0 Å². The second kappa shape index (κ2) is 23.3. The molecule has 3 unspecified atom stereocenters. The summed E-state index contributed by atoms with van der Waals surface area (Å²) in [5.74, 6) is 2.15. The summed E-state index contributed by atoms with van der Waals surface area (Å²) in [6, 6.07) is 5.69. The second-order valence-electron chi connectivity index (χ2n) is 21.3. The molecule has 386 valence electrons. The minimum Gasteiger partial charge on any atom is -0.357 e. The van der Waals surface area contributed by atoms with Crippen molar-refractivity contribution in [3.63, 3.8) is 0 Å². The molecule has 70 heavy (non-hydrogen) atoms. The number of aromatic nitrogens is 4. The number of hydrogen-bond donors (Lipinski definition) is 2. The number of aldehydes is 1. The second-order valence-corrected chi connectivity index (χ2v) is 23.2. The zero-order chi connectivity index (χ0) is 50.2. The van der Waals surface area contributed by atoms with Gasteiger partial charge in [0.1, 0.15) is 18.1 Å². The van der Waals surface area contributed by atoms with Gasteiger partial charge in [0.15, 0.2) is 0 Å². The molecule has 2 saturated heterocycles. The van der Waals surface area contributed by atoms with Crippen LogP contribution in [0.25, 0.3) is 11.0 Å². The first-order valence-electron chi connectivity index (χ1n) is 26.7. The number of carbonyl (C=O) groups is 4. The Bertz CT molecular complexity index is 2490. The van der Waals surface area contributed by atoms with E-state index in [1.807, 2.05) is 23.2 Å². The van der Waals surface area contributed by atoms with Crippen LogP contribution in [0.1, 0.15) is 173 Å². The minimum absolute atomic E-state index is 0.136. The first kappa shape index (κ1) is 53.2. The van der Waals surface area contributed by atoms with Gasteiger partial charge in [0.2, 0.25) is 33.7 Å². The van der Waals surface area contributed by atoms with Gasteiger partial charge >= 0.3 is 5.69 Å². The summed E-state index contributed by atoms with van der Waals surface area (Å²) in [6.07, 6.45) is 25.3. The van der Waals surface area contributed by atoms with Gasteiger partial charge in [0.05, 0.1) is 22.7 Å². The first-order chi connectivity index (χ1) is 33.6. The normalized spacial score (nSPS) is 21.4. The number of likely N-dealkylation sites (tertiary alicyclic amines) is 1. The maximum atomic E-state index is 13.3. The molecule has 2 aromatic heterocycles. The van der Waals surface area contributed by atoms with E-state index in [1.54, 1.807) is 18.7 Å². The number of imidazole rings is 1. The number of carbonyl (C=O) groups excluding carboxylic acids is 4. The number of sulfonamides is 1. The van der Waals surface area contributed by atoms with E-state index in [4.69, 9.17) is 4.98 Å². The van der Waals surface area contributed by atoms with Crippen molar-refractivity contribution in [2.75, 3.05) is 49.7 Å². The van der Waals surface area contributed by atoms with Crippen LogP contribution >= 0.6 is 0 Å². The molecule has 16 nitrogen and oxygen atoms in total. The van der Waals surface area contributed by atoms with E-state index in [1.165, 1.54) is 46.4 Å². The Balaban J connectivity index is 0.000000217. The van der Waals surface area contributed by atoms with Crippen LogP contribution in [0.3, 0.4) is 0 Å². The zero-order valence-electron chi connectivity index (χ0n) is 43.0. The van der Waals surface area contributed by atoms with E-state index >= 15 is 0 Å². The molecule has 8 rings (SSSR count). The van der Waals surface area contributed by atoms with Gasteiger partial charge in [-0.2, -0.15) is 4.98 Å². The molecule has 3 aliphatic heterocycles. The molecule has 5 heterocycles. The summed E-state index contributed by atoms with van der Waals surface area (Å²) < 4.78 is 28.1. The number of benzene rings is 1. The van der Waals surface area contributed by atoms with Gasteiger partial charge in [-0.25, -0.2) is 22.5 Å². The monoisotopic (exact) mass is 988 g/mol. The Morgan fingerprint density at radius 1 is 0.914 bits per heavy atom. The van der Waals surface area contributed by atoms with Crippen LogP contribution in [0.15, 0.2) is 29.2 Å². The number of unbranched alkanes of at least 4 members (excludes halogenated alkanes) is 6. The van der Waals surface area contributed by atoms with Crippen molar-refractivity contribution in [2.45, 2.75) is 186 Å². The number of anilines is 2. The molecule has 3 aromatic rings. The molecule has 5 aliphatic rings. The minimum atomic E-state index is -3.13. The average Bonchev–Trinajstić information content (AvgIpc) is 3.94. The molecule has 1 spiro atoms. The first-order valence-corrected chi connectivity index (χ1v) is 28.5. The molecule has 2 saturated carbocycles. The molecule has 3 atom stereocenters. The molecule has 1 aromatic carbocycles. The Morgan fingerprint density at radius 3 is 2.24 bits per heavy atom. The van der Waals surface area contributed by atoms with Crippen molar-refractivity contribution in [1.29, 1.82) is 0 Å². The summed E-state index contributed by atoms with van der Waals surface area (Å²) in [6.45, 7) is 9.67. The van der Waals surface area contributed by atoms with E-state index < -0.39 is 16.1 Å². The van der Waals surface area contributed by atoms with E-state index in [9.17, 15) is 32.4 Å². The maximum absolute atomic E-state index is 13.3. The zero-order valence-corrected chi connectivity index (χ0v) is 43.8. The molecule has 17 heteroatoms. The average molecular weight is 988 g/mol. The van der Waals surface area contributed by atoms with E-state index in [-0.39, 0.29) is 47.8 Å². The number of likely N-dealkylation sites (N-methyl/N-ethyl adjacent to an activating group) is 1. The smallest absolute Gasteiger partial charge is 0.329 e. The van der Waals surface area contributed by atoms with Crippen LogP contribution in [-0.4, -0.2) is 112 Å². The lowest BCUT2D eigenvalue weighted by molar-refractivity contribution is -0.135. The van der Waals surface area contributed by atoms with Gasteiger partial charge in [-0.3, -0.25) is 28.4 Å². The van der Waals surface area contributed by atoms with Crippen molar-refractivity contribution in [2.24, 2.45) is 18.4 Å². The van der Waals surface area contributed by atoms with Gasteiger partial charge < -0.3 is 20.3 Å². The van der Waals surface area contributed by atoms with E-state index in [2.05, 4.69) is 47.4 Å². The summed E-state index contributed by atoms with van der Waals surface area (Å²) in [4.78, 5) is 76.0. The summed E-state index contributed by atoms with van der Waals surface area (Å²) >= 11 is 0. The molecule has 2 N–H and O–H groups in total. The highest BCUT2D eigenvalue weighted by atomic mass is 32.2. The molecular weight excluding hydrogens is 907 g/mol. The molecule has 2 aliphatic carbocycles. The van der Waals surface area contributed by atoms with E-state index in [0.717, 1.165) is 138 Å². The highest BCUT2D eigenvalue weighted by Crippen LogP contribution is 2.58. The quantitative estimate of drug-likeness (QED) is 0.0796. The number of amides is 3. The molecule has 4 fully saturated rings. The summed E-state index contributed by atoms with van der Waals surface area (Å²) in [5.41, 5.74) is 3.44. The number of fused-ring (bicyclic) bond motifs is 3. The number of nitrogens with zero attached hydrogens (tertiary/aromatic N) is 7. The highest BCUT2D eigenvalue weighted by molar-refractivity contribution is 7.88. The van der Waals surface area contributed by atoms with E-state index in [0.29, 0.717) is 42.7 Å². The molecule has 0 bridgehead atoms. The molecule has 3 amide bonds. The lowest BCUT2D eigenvalue weighted by Gasteiger charge is -2.42. The Hall–Kier alpha value is -4.64. The third kappa shape index (κ3) is 11.8. The van der Waals surface area contributed by atoms with Gasteiger partial charge in [0, 0.05) is 77.0 Å². The Morgan fingerprint density at radius 2 is 1.61 bits per heavy atom. The number of piperidine rings is 2.